The van der Waals surface area contributed by atoms with E-state index in [4.69, 9.17) is 5.26 Å². The van der Waals surface area contributed by atoms with Crippen molar-refractivity contribution in [3.05, 3.63) is 0 Å². The van der Waals surface area contributed by atoms with Crippen LogP contribution in [0.4, 0.5) is 18.0 Å². The molecule has 1 N–H and O–H groups in total. The number of carbonyl (C=O) groups is 1. The normalized spacial score (nSPS) is 10.6. The Hall–Kier alpha value is -1.45. The van der Waals surface area contributed by atoms with Gasteiger partial charge in [0.15, 0.2) is 0 Å². The molecule has 0 aromatic carbocycles. The van der Waals surface area contributed by atoms with Crippen LogP contribution in [0.1, 0.15) is 13.3 Å². The number of alkyl halides is 3. The lowest BCUT2D eigenvalue weighted by molar-refractivity contribution is -0.123. The lowest BCUT2D eigenvalue weighted by Crippen LogP contribution is -2.44. The minimum atomic E-state index is -4.43. The summed E-state index contributed by atoms with van der Waals surface area (Å²) in [5.41, 5.74) is 0. The molecule has 0 saturated heterocycles. The first-order valence-corrected chi connectivity index (χ1v) is 4.37. The van der Waals surface area contributed by atoms with Gasteiger partial charge in [0.25, 0.3) is 0 Å². The number of carbonyl (C=O) groups excluding carboxylic acids is 1. The first kappa shape index (κ1) is 13.5. The van der Waals surface area contributed by atoms with Gasteiger partial charge in [0.1, 0.15) is 13.1 Å². The molecule has 0 atom stereocenters. The fourth-order valence-electron chi connectivity index (χ4n) is 0.895. The van der Waals surface area contributed by atoms with E-state index in [1.54, 1.807) is 18.3 Å². The first-order valence-electron chi connectivity index (χ1n) is 4.37. The number of amides is 2. The zero-order valence-electron chi connectivity index (χ0n) is 8.26. The third kappa shape index (κ3) is 6.60. The molecular formula is C8H12F3N3O. The molecule has 0 bridgehead atoms. The zero-order chi connectivity index (χ0) is 11.9. The molecule has 0 radical (unpaired) electrons. The Kier molecular flexibility index (Phi) is 5.52. The van der Waals surface area contributed by atoms with Gasteiger partial charge in [0.05, 0.1) is 6.07 Å². The van der Waals surface area contributed by atoms with Gasteiger partial charge in [0.2, 0.25) is 0 Å². The molecule has 0 aromatic heterocycles. The molecular weight excluding hydrogens is 211 g/mol. The molecule has 7 heteroatoms. The Morgan fingerprint density at radius 2 is 2.13 bits per heavy atom. The fraction of sp³-hybridized carbons (Fsp3) is 0.750. The molecule has 15 heavy (non-hydrogen) atoms. The third-order valence-corrected chi connectivity index (χ3v) is 1.48. The van der Waals surface area contributed by atoms with E-state index in [0.717, 1.165) is 4.90 Å². The average molecular weight is 223 g/mol. The molecule has 0 aliphatic rings. The van der Waals surface area contributed by atoms with E-state index in [1.165, 1.54) is 0 Å². The van der Waals surface area contributed by atoms with E-state index in [9.17, 15) is 18.0 Å². The summed E-state index contributed by atoms with van der Waals surface area (Å²) < 4.78 is 35.3. The van der Waals surface area contributed by atoms with Crippen LogP contribution in [0.5, 0.6) is 0 Å². The van der Waals surface area contributed by atoms with Crippen LogP contribution in [0.25, 0.3) is 0 Å². The Morgan fingerprint density at radius 3 is 2.53 bits per heavy atom. The summed E-state index contributed by atoms with van der Waals surface area (Å²) in [4.78, 5) is 12.2. The van der Waals surface area contributed by atoms with E-state index >= 15 is 0 Å². The maximum absolute atomic E-state index is 11.8. The second kappa shape index (κ2) is 6.11. The zero-order valence-corrected chi connectivity index (χ0v) is 8.26. The summed E-state index contributed by atoms with van der Waals surface area (Å²) in [5.74, 6) is 0. The van der Waals surface area contributed by atoms with E-state index in [1.807, 2.05) is 0 Å². The predicted molar refractivity (Wildman–Crippen MR) is 46.9 cm³/mol. The number of hydrogen-bond acceptors (Lipinski definition) is 2. The SMILES string of the molecule is CCCN(CC#N)C(=O)NCC(F)(F)F. The standard InChI is InChI=1S/C8H12F3N3O/c1-2-4-14(5-3-12)7(15)13-6-8(9,10)11/h2,4-6H2,1H3,(H,13,15). The molecule has 0 unspecified atom stereocenters. The Morgan fingerprint density at radius 1 is 1.53 bits per heavy atom. The van der Waals surface area contributed by atoms with Crippen molar-refractivity contribution in [2.45, 2.75) is 19.5 Å². The van der Waals surface area contributed by atoms with Crippen molar-refractivity contribution >= 4 is 6.03 Å². The van der Waals surface area contributed by atoms with E-state index in [0.29, 0.717) is 6.42 Å². The second-order valence-electron chi connectivity index (χ2n) is 2.85. The van der Waals surface area contributed by atoms with E-state index < -0.39 is 18.8 Å². The molecule has 0 aliphatic carbocycles. The minimum absolute atomic E-state index is 0.211. The highest BCUT2D eigenvalue weighted by Gasteiger charge is 2.28. The van der Waals surface area contributed by atoms with Crippen molar-refractivity contribution in [1.29, 1.82) is 5.26 Å². The minimum Gasteiger partial charge on any atom is -0.329 e. The number of urea groups is 1. The van der Waals surface area contributed by atoms with Gasteiger partial charge in [-0.05, 0) is 6.42 Å². The molecule has 2 amide bonds. The Balaban J connectivity index is 4.09. The number of halogens is 3. The summed E-state index contributed by atoms with van der Waals surface area (Å²) in [6.07, 6.45) is -3.85. The summed E-state index contributed by atoms with van der Waals surface area (Å²) >= 11 is 0. The van der Waals surface area contributed by atoms with Crippen molar-refractivity contribution in [3.63, 3.8) is 0 Å². The molecule has 0 spiro atoms. The summed E-state index contributed by atoms with van der Waals surface area (Å²) in [6, 6.07) is 0.849. The molecule has 0 aromatic rings. The molecule has 86 valence electrons. The van der Waals surface area contributed by atoms with Gasteiger partial charge in [-0.15, -0.1) is 0 Å². The molecule has 0 rings (SSSR count). The predicted octanol–water partition coefficient (Wildman–Crippen LogP) is 1.49. The number of hydrogen-bond donors (Lipinski definition) is 1. The van der Waals surface area contributed by atoms with Crippen LogP contribution >= 0.6 is 0 Å². The van der Waals surface area contributed by atoms with Gasteiger partial charge >= 0.3 is 12.2 Å². The van der Waals surface area contributed by atoms with Gasteiger partial charge in [-0.1, -0.05) is 6.92 Å². The van der Waals surface area contributed by atoms with Gasteiger partial charge in [-0.2, -0.15) is 18.4 Å². The second-order valence-corrected chi connectivity index (χ2v) is 2.85. The van der Waals surface area contributed by atoms with Crippen LogP contribution in [0, 0.1) is 11.3 Å². The number of nitrogens with zero attached hydrogens (tertiary/aromatic N) is 2. The first-order chi connectivity index (χ1) is 6.90. The van der Waals surface area contributed by atoms with Crippen LogP contribution in [-0.2, 0) is 0 Å². The van der Waals surface area contributed by atoms with Gasteiger partial charge in [0, 0.05) is 6.54 Å². The Bertz CT molecular complexity index is 246. The van der Waals surface area contributed by atoms with Gasteiger partial charge < -0.3 is 10.2 Å². The largest absolute Gasteiger partial charge is 0.405 e. The average Bonchev–Trinajstić information content (AvgIpc) is 2.13. The van der Waals surface area contributed by atoms with Crippen molar-refractivity contribution < 1.29 is 18.0 Å². The highest BCUT2D eigenvalue weighted by atomic mass is 19.4. The lowest BCUT2D eigenvalue weighted by atomic mass is 10.4. The quantitative estimate of drug-likeness (QED) is 0.734. The number of nitriles is 1. The van der Waals surface area contributed by atoms with Crippen LogP contribution in [0.15, 0.2) is 0 Å². The monoisotopic (exact) mass is 223 g/mol. The van der Waals surface area contributed by atoms with Crippen LogP contribution in [-0.4, -0.2) is 36.7 Å². The van der Waals surface area contributed by atoms with Crippen LogP contribution in [0.3, 0.4) is 0 Å². The van der Waals surface area contributed by atoms with E-state index in [-0.39, 0.29) is 13.1 Å². The lowest BCUT2D eigenvalue weighted by Gasteiger charge is -2.19. The van der Waals surface area contributed by atoms with Crippen molar-refractivity contribution in [1.82, 2.24) is 10.2 Å². The summed E-state index contributed by atoms with van der Waals surface area (Å²) in [5, 5.41) is 10.0. The molecule has 4 nitrogen and oxygen atoms in total. The van der Waals surface area contributed by atoms with Gasteiger partial charge in [-0.25, -0.2) is 4.79 Å². The molecule has 0 aliphatic heterocycles. The van der Waals surface area contributed by atoms with Crippen molar-refractivity contribution in [2.75, 3.05) is 19.6 Å². The smallest absolute Gasteiger partial charge is 0.329 e. The fourth-order valence-corrected chi connectivity index (χ4v) is 0.895. The molecule has 0 heterocycles. The summed E-state index contributed by atoms with van der Waals surface area (Å²) in [7, 11) is 0. The van der Waals surface area contributed by atoms with Gasteiger partial charge in [-0.3, -0.25) is 0 Å². The van der Waals surface area contributed by atoms with Crippen LogP contribution in [0.2, 0.25) is 0 Å². The van der Waals surface area contributed by atoms with Crippen molar-refractivity contribution in [3.8, 4) is 6.07 Å². The topological polar surface area (TPSA) is 56.1 Å². The highest BCUT2D eigenvalue weighted by Crippen LogP contribution is 2.12. The number of nitrogens with one attached hydrogen (secondary N) is 1. The highest BCUT2D eigenvalue weighted by molar-refractivity contribution is 5.74. The summed E-state index contributed by atoms with van der Waals surface area (Å²) in [6.45, 7) is 0.438. The molecule has 0 saturated carbocycles. The van der Waals surface area contributed by atoms with E-state index in [2.05, 4.69) is 0 Å². The number of rotatable bonds is 4. The third-order valence-electron chi connectivity index (χ3n) is 1.48. The Labute approximate surface area is 85.7 Å². The molecule has 0 fully saturated rings. The van der Waals surface area contributed by atoms with Crippen LogP contribution < -0.4 is 5.32 Å². The van der Waals surface area contributed by atoms with Crippen molar-refractivity contribution in [2.24, 2.45) is 0 Å². The maximum Gasteiger partial charge on any atom is 0.405 e. The maximum atomic E-state index is 11.8.